The van der Waals surface area contributed by atoms with Crippen LogP contribution >= 0.6 is 0 Å². The SMILES string of the molecule is CCN(C)c1cc2c(cc1O)[C@]13CCCC[C@@H]1[C@H](C2)NCC3.O=CC(F)(F)F. The largest absolute Gasteiger partial charge is 0.506 e. The van der Waals surface area contributed by atoms with E-state index in [1.807, 2.05) is 0 Å². The first kappa shape index (κ1) is 21.0. The fourth-order valence-corrected chi connectivity index (χ4v) is 5.43. The predicted octanol–water partition coefficient (Wildman–Crippen LogP) is 3.94. The number of hydrogen-bond acceptors (Lipinski definition) is 4. The molecule has 1 heterocycles. The van der Waals surface area contributed by atoms with Crippen LogP contribution in [0, 0.1) is 5.92 Å². The minimum atomic E-state index is -4.64. The Kier molecular flexibility index (Phi) is 5.94. The molecule has 1 saturated carbocycles. The van der Waals surface area contributed by atoms with Gasteiger partial charge in [0.05, 0.1) is 5.69 Å². The molecule has 156 valence electrons. The van der Waals surface area contributed by atoms with E-state index in [4.69, 9.17) is 4.79 Å². The second kappa shape index (κ2) is 7.93. The van der Waals surface area contributed by atoms with E-state index in [-0.39, 0.29) is 0 Å². The summed E-state index contributed by atoms with van der Waals surface area (Å²) < 4.78 is 31.2. The van der Waals surface area contributed by atoms with Crippen molar-refractivity contribution in [1.82, 2.24) is 5.32 Å². The van der Waals surface area contributed by atoms with Crippen LogP contribution in [0.5, 0.6) is 5.75 Å². The number of phenols is 1. The van der Waals surface area contributed by atoms with Gasteiger partial charge in [-0.1, -0.05) is 12.8 Å². The van der Waals surface area contributed by atoms with E-state index in [1.54, 1.807) is 0 Å². The van der Waals surface area contributed by atoms with Crippen LogP contribution in [0.25, 0.3) is 0 Å². The molecule has 28 heavy (non-hydrogen) atoms. The number of carbonyl (C=O) groups excluding carboxylic acids is 1. The van der Waals surface area contributed by atoms with Gasteiger partial charge in [-0.3, -0.25) is 4.79 Å². The molecule has 0 radical (unpaired) electrons. The maximum absolute atomic E-state index is 10.6. The standard InChI is InChI=1S/C19H28N2O.C2HF3O/c1-3-21(2)17-11-13-10-16-14-6-4-5-7-19(14,8-9-20-16)15(13)12-18(17)22;3-2(4,5)1-6/h11-12,14,16,20,22H,3-10H2,1-2H3;1H/t14-,16+,19+;/m1./s1. The topological polar surface area (TPSA) is 52.6 Å². The molecule has 7 heteroatoms. The van der Waals surface area contributed by atoms with Crippen LogP contribution in [0.15, 0.2) is 12.1 Å². The van der Waals surface area contributed by atoms with Gasteiger partial charge in [0.1, 0.15) is 5.75 Å². The zero-order chi connectivity index (χ0) is 20.5. The first-order valence-corrected chi connectivity index (χ1v) is 10.1. The Hall–Kier alpha value is -1.76. The molecule has 2 aliphatic carbocycles. The number of carbonyl (C=O) groups is 1. The molecular weight excluding hydrogens is 369 g/mol. The molecule has 4 nitrogen and oxygen atoms in total. The maximum Gasteiger partial charge on any atom is 0.446 e. The van der Waals surface area contributed by atoms with E-state index < -0.39 is 12.5 Å². The number of halogens is 3. The molecule has 2 bridgehead atoms. The number of phenolic OH excluding ortho intramolecular Hbond substituents is 1. The summed E-state index contributed by atoms with van der Waals surface area (Å²) in [6.07, 6.45) is 2.06. The molecule has 1 aromatic rings. The van der Waals surface area contributed by atoms with Crippen LogP contribution in [0.3, 0.4) is 0 Å². The normalized spacial score (nSPS) is 28.3. The highest BCUT2D eigenvalue weighted by Crippen LogP contribution is 2.55. The minimum absolute atomic E-state index is 0.336. The highest BCUT2D eigenvalue weighted by molar-refractivity contribution is 5.63. The van der Waals surface area contributed by atoms with Crippen LogP contribution in [0.1, 0.15) is 50.2 Å². The number of hydrogen-bond donors (Lipinski definition) is 2. The lowest BCUT2D eigenvalue weighted by Gasteiger charge is -2.56. The number of nitrogens with zero attached hydrogens (tertiary/aromatic N) is 1. The highest BCUT2D eigenvalue weighted by Gasteiger charge is 2.51. The average molecular weight is 398 g/mol. The van der Waals surface area contributed by atoms with Crippen LogP contribution in [0.2, 0.25) is 0 Å². The summed E-state index contributed by atoms with van der Waals surface area (Å²) in [6.45, 7) is 4.19. The summed E-state index contributed by atoms with van der Waals surface area (Å²) in [4.78, 5) is 10.8. The molecule has 4 rings (SSSR count). The van der Waals surface area contributed by atoms with Gasteiger partial charge in [0.25, 0.3) is 0 Å². The predicted molar refractivity (Wildman–Crippen MR) is 103 cm³/mol. The average Bonchev–Trinajstić information content (AvgIpc) is 2.67. The first-order chi connectivity index (χ1) is 13.2. The van der Waals surface area contributed by atoms with Crippen LogP contribution in [-0.4, -0.2) is 43.7 Å². The van der Waals surface area contributed by atoms with Gasteiger partial charge < -0.3 is 15.3 Å². The van der Waals surface area contributed by atoms with Crippen molar-refractivity contribution < 1.29 is 23.1 Å². The third-order valence-corrected chi connectivity index (χ3v) is 6.76. The number of nitrogens with one attached hydrogen (secondary N) is 1. The van der Waals surface area contributed by atoms with Crippen LogP contribution < -0.4 is 10.2 Å². The van der Waals surface area contributed by atoms with Crippen molar-refractivity contribution in [2.45, 2.75) is 63.1 Å². The number of fused-ring (bicyclic) bond motifs is 1. The van der Waals surface area contributed by atoms with Gasteiger partial charge in [-0.05, 0) is 68.3 Å². The van der Waals surface area contributed by atoms with Crippen molar-refractivity contribution in [3.8, 4) is 5.75 Å². The molecule has 2 N–H and O–H groups in total. The van der Waals surface area contributed by atoms with Crippen molar-refractivity contribution in [2.24, 2.45) is 5.92 Å². The molecule has 0 spiro atoms. The Morgan fingerprint density at radius 2 is 2.04 bits per heavy atom. The van der Waals surface area contributed by atoms with Crippen molar-refractivity contribution in [3.63, 3.8) is 0 Å². The third-order valence-electron chi connectivity index (χ3n) is 6.76. The molecule has 3 atom stereocenters. The van der Waals surface area contributed by atoms with Crippen molar-refractivity contribution in [3.05, 3.63) is 23.3 Å². The Balaban J connectivity index is 0.000000330. The van der Waals surface area contributed by atoms with E-state index in [0.29, 0.717) is 17.2 Å². The van der Waals surface area contributed by atoms with Gasteiger partial charge >= 0.3 is 6.18 Å². The molecular formula is C21H29F3N2O2. The smallest absolute Gasteiger partial charge is 0.446 e. The fourth-order valence-electron chi connectivity index (χ4n) is 5.43. The molecule has 1 aliphatic heterocycles. The van der Waals surface area contributed by atoms with E-state index >= 15 is 0 Å². The number of benzene rings is 1. The monoisotopic (exact) mass is 398 g/mol. The lowest BCUT2D eigenvalue weighted by atomic mass is 9.53. The van der Waals surface area contributed by atoms with Gasteiger partial charge in [-0.25, -0.2) is 0 Å². The minimum Gasteiger partial charge on any atom is -0.506 e. The van der Waals surface area contributed by atoms with E-state index in [2.05, 4.69) is 36.3 Å². The van der Waals surface area contributed by atoms with Crippen LogP contribution in [-0.2, 0) is 16.6 Å². The summed E-state index contributed by atoms with van der Waals surface area (Å²) >= 11 is 0. The van der Waals surface area contributed by atoms with E-state index in [9.17, 15) is 18.3 Å². The summed E-state index contributed by atoms with van der Waals surface area (Å²) in [5.41, 5.74) is 4.27. The highest BCUT2D eigenvalue weighted by atomic mass is 19.4. The number of alkyl halides is 3. The van der Waals surface area contributed by atoms with Crippen molar-refractivity contribution in [2.75, 3.05) is 25.0 Å². The Labute approximate surface area is 164 Å². The summed E-state index contributed by atoms with van der Waals surface area (Å²) in [6, 6.07) is 5.03. The van der Waals surface area contributed by atoms with Crippen molar-refractivity contribution in [1.29, 1.82) is 0 Å². The first-order valence-electron chi connectivity index (χ1n) is 10.1. The van der Waals surface area contributed by atoms with Crippen LogP contribution in [0.4, 0.5) is 18.9 Å². The molecule has 1 aromatic carbocycles. The Bertz CT molecular complexity index is 718. The van der Waals surface area contributed by atoms with E-state index in [0.717, 1.165) is 31.1 Å². The second-order valence-corrected chi connectivity index (χ2v) is 8.19. The molecule has 3 aliphatic rings. The van der Waals surface area contributed by atoms with Gasteiger partial charge in [0.2, 0.25) is 6.29 Å². The number of rotatable bonds is 2. The lowest BCUT2D eigenvalue weighted by Crippen LogP contribution is -2.59. The Morgan fingerprint density at radius 1 is 1.32 bits per heavy atom. The second-order valence-electron chi connectivity index (χ2n) is 8.19. The van der Waals surface area contributed by atoms with Gasteiger partial charge in [-0.15, -0.1) is 0 Å². The molecule has 0 aromatic heterocycles. The molecule has 2 fully saturated rings. The number of aromatic hydroxyl groups is 1. The molecule has 1 saturated heterocycles. The fraction of sp³-hybridized carbons (Fsp3) is 0.667. The summed E-state index contributed by atoms with van der Waals surface area (Å²) in [7, 11) is 2.06. The Morgan fingerprint density at radius 3 is 2.68 bits per heavy atom. The summed E-state index contributed by atoms with van der Waals surface area (Å²) in [5, 5.41) is 14.4. The maximum atomic E-state index is 10.6. The quantitative estimate of drug-likeness (QED) is 0.741. The third kappa shape index (κ3) is 3.86. The van der Waals surface area contributed by atoms with Gasteiger partial charge in [-0.2, -0.15) is 13.2 Å². The molecule has 0 amide bonds. The molecule has 0 unspecified atom stereocenters. The number of piperidine rings is 1. The van der Waals surface area contributed by atoms with Gasteiger partial charge in [0, 0.05) is 25.0 Å². The van der Waals surface area contributed by atoms with E-state index in [1.165, 1.54) is 43.2 Å². The lowest BCUT2D eigenvalue weighted by molar-refractivity contribution is -0.156. The zero-order valence-electron chi connectivity index (χ0n) is 16.5. The zero-order valence-corrected chi connectivity index (χ0v) is 16.5. The number of anilines is 1. The number of aldehydes is 1. The summed E-state index contributed by atoms with van der Waals surface area (Å²) in [5.74, 6) is 1.25. The van der Waals surface area contributed by atoms with Crippen molar-refractivity contribution >= 4 is 12.0 Å². The van der Waals surface area contributed by atoms with Gasteiger partial charge in [0.15, 0.2) is 0 Å².